The third-order valence-corrected chi connectivity index (χ3v) is 7.77. The molecule has 1 spiro atoms. The van der Waals surface area contributed by atoms with Gasteiger partial charge >= 0.3 is 0 Å². The molecule has 20 heavy (non-hydrogen) atoms. The third kappa shape index (κ3) is 1.15. The largest absolute Gasteiger partial charge is 0.339 e. The van der Waals surface area contributed by atoms with E-state index in [1.165, 1.54) is 23.5 Å². The lowest BCUT2D eigenvalue weighted by molar-refractivity contribution is -0.153. The Morgan fingerprint density at radius 3 is 2.80 bits per heavy atom. The van der Waals surface area contributed by atoms with E-state index in [2.05, 4.69) is 44.7 Å². The molecule has 3 aliphatic carbocycles. The Bertz CT molecular complexity index is 574. The molecule has 0 aromatic rings. The van der Waals surface area contributed by atoms with Crippen LogP contribution in [0.5, 0.6) is 0 Å². The maximum Gasteiger partial charge on any atom is 0.165 e. The fourth-order valence-electron chi connectivity index (χ4n) is 5.22. The average Bonchev–Trinajstić information content (AvgIpc) is 2.72. The van der Waals surface area contributed by atoms with Crippen LogP contribution in [-0.2, 0) is 9.47 Å². The number of hydrogen-bond donors (Lipinski definition) is 0. The normalized spacial score (nSPS) is 54.2. The van der Waals surface area contributed by atoms with Gasteiger partial charge in [-0.2, -0.15) is 11.8 Å². The molecule has 2 heterocycles. The molecular weight excluding hydrogens is 268 g/mol. The van der Waals surface area contributed by atoms with Crippen LogP contribution in [-0.4, -0.2) is 29.0 Å². The topological polar surface area (TPSA) is 18.5 Å². The molecule has 2 aliphatic heterocycles. The fourth-order valence-corrected chi connectivity index (χ4v) is 7.10. The van der Waals surface area contributed by atoms with Crippen LogP contribution < -0.4 is 0 Å². The van der Waals surface area contributed by atoms with Crippen molar-refractivity contribution in [3.05, 3.63) is 23.3 Å². The van der Waals surface area contributed by atoms with Crippen molar-refractivity contribution in [1.82, 2.24) is 0 Å². The van der Waals surface area contributed by atoms with E-state index < -0.39 is 5.79 Å². The summed E-state index contributed by atoms with van der Waals surface area (Å²) in [6.45, 7) is 6.61. The summed E-state index contributed by atoms with van der Waals surface area (Å²) in [7, 11) is 0. The van der Waals surface area contributed by atoms with Gasteiger partial charge in [-0.1, -0.05) is 19.1 Å². The molecule has 0 amide bonds. The first-order chi connectivity index (χ1) is 9.43. The highest BCUT2D eigenvalue weighted by Gasteiger charge is 2.77. The summed E-state index contributed by atoms with van der Waals surface area (Å²) < 4.78 is 12.7. The first kappa shape index (κ1) is 12.3. The molecular formula is C17H22O2S. The molecule has 3 heteroatoms. The highest BCUT2D eigenvalue weighted by molar-refractivity contribution is 7.99. The smallest absolute Gasteiger partial charge is 0.165 e. The maximum absolute atomic E-state index is 6.39. The van der Waals surface area contributed by atoms with Crippen LogP contribution in [0.4, 0.5) is 0 Å². The number of ether oxygens (including phenoxy) is 2. The molecule has 4 atom stereocenters. The summed E-state index contributed by atoms with van der Waals surface area (Å²) in [6, 6.07) is 0. The number of thioether (sulfide) groups is 1. The van der Waals surface area contributed by atoms with Gasteiger partial charge in [0, 0.05) is 11.2 Å². The Morgan fingerprint density at radius 2 is 2.10 bits per heavy atom. The minimum atomic E-state index is -0.434. The van der Waals surface area contributed by atoms with Gasteiger partial charge in [0.05, 0.1) is 0 Å². The molecule has 0 aromatic heterocycles. The Kier molecular flexibility index (Phi) is 1.99. The minimum Gasteiger partial charge on any atom is -0.339 e. The van der Waals surface area contributed by atoms with Crippen LogP contribution >= 0.6 is 11.8 Å². The number of fused-ring (bicyclic) bond motifs is 1. The molecule has 5 aliphatic rings. The van der Waals surface area contributed by atoms with E-state index in [4.69, 9.17) is 9.47 Å². The van der Waals surface area contributed by atoms with E-state index in [0.29, 0.717) is 10.8 Å². The van der Waals surface area contributed by atoms with E-state index in [1.54, 1.807) is 5.57 Å². The monoisotopic (exact) mass is 290 g/mol. The molecule has 0 N–H and O–H groups in total. The number of allylic oxidation sites excluding steroid dienone is 1. The summed E-state index contributed by atoms with van der Waals surface area (Å²) >= 11 is 2.12. The summed E-state index contributed by atoms with van der Waals surface area (Å²) in [4.78, 5) is 0. The first-order valence-electron chi connectivity index (χ1n) is 7.80. The predicted molar refractivity (Wildman–Crippen MR) is 80.7 cm³/mol. The van der Waals surface area contributed by atoms with Gasteiger partial charge in [-0.25, -0.2) is 0 Å². The second-order valence-corrected chi connectivity index (χ2v) is 8.96. The zero-order chi connectivity index (χ0) is 13.8. The third-order valence-electron chi connectivity index (χ3n) is 6.24. The van der Waals surface area contributed by atoms with Crippen LogP contribution in [0.25, 0.3) is 0 Å². The molecule has 5 rings (SSSR count). The summed E-state index contributed by atoms with van der Waals surface area (Å²) in [6.07, 6.45) is 8.46. The van der Waals surface area contributed by atoms with Crippen LogP contribution in [0.3, 0.4) is 0 Å². The Hall–Kier alpha value is -0.250. The van der Waals surface area contributed by atoms with Gasteiger partial charge in [0.25, 0.3) is 0 Å². The highest BCUT2D eigenvalue weighted by atomic mass is 32.2. The zero-order valence-electron chi connectivity index (χ0n) is 12.5. The molecule has 0 bridgehead atoms. The van der Waals surface area contributed by atoms with Crippen molar-refractivity contribution in [3.8, 4) is 0 Å². The van der Waals surface area contributed by atoms with Crippen LogP contribution in [0.15, 0.2) is 23.3 Å². The Balaban J connectivity index is 1.65. The lowest BCUT2D eigenvalue weighted by Gasteiger charge is -2.49. The Morgan fingerprint density at radius 1 is 1.25 bits per heavy atom. The first-order valence-corrected chi connectivity index (χ1v) is 8.96. The molecule has 2 saturated heterocycles. The van der Waals surface area contributed by atoms with Crippen molar-refractivity contribution >= 4 is 11.8 Å². The van der Waals surface area contributed by atoms with Gasteiger partial charge in [-0.15, -0.1) is 0 Å². The van der Waals surface area contributed by atoms with Gasteiger partial charge < -0.3 is 9.47 Å². The number of hydrogen-bond acceptors (Lipinski definition) is 3. The second-order valence-electron chi connectivity index (χ2n) is 7.97. The van der Waals surface area contributed by atoms with Crippen molar-refractivity contribution in [2.24, 2.45) is 10.8 Å². The van der Waals surface area contributed by atoms with Crippen molar-refractivity contribution in [3.63, 3.8) is 0 Å². The van der Waals surface area contributed by atoms with E-state index in [-0.39, 0.29) is 11.7 Å². The van der Waals surface area contributed by atoms with Crippen molar-refractivity contribution in [1.29, 1.82) is 0 Å². The maximum atomic E-state index is 6.39. The quantitative estimate of drug-likeness (QED) is 0.734. The van der Waals surface area contributed by atoms with Gasteiger partial charge in [0.2, 0.25) is 0 Å². The van der Waals surface area contributed by atoms with Crippen LogP contribution in [0, 0.1) is 10.8 Å². The standard InChI is InChI=1S/C17H22O2S/c1-14(2)18-13-12(16-8-15(16,3)9-20-10-16)11-6-4-5-7-17(11,13)19-14/h4,6,13H,5,7-10H2,1-3H3/t13-,15+,16-,17+/m0/s1. The van der Waals surface area contributed by atoms with Crippen LogP contribution in [0.2, 0.25) is 0 Å². The fraction of sp³-hybridized carbons (Fsp3) is 0.765. The second kappa shape index (κ2) is 3.23. The molecule has 0 radical (unpaired) electrons. The Labute approximate surface area is 125 Å². The molecule has 2 nitrogen and oxygen atoms in total. The lowest BCUT2D eigenvalue weighted by Crippen LogP contribution is -2.55. The molecule has 0 unspecified atom stereocenters. The van der Waals surface area contributed by atoms with Gasteiger partial charge in [0.1, 0.15) is 11.7 Å². The average molecular weight is 290 g/mol. The molecule has 0 aromatic carbocycles. The van der Waals surface area contributed by atoms with Crippen molar-refractivity contribution in [2.75, 3.05) is 11.5 Å². The van der Waals surface area contributed by atoms with Gasteiger partial charge in [-0.05, 0) is 55.4 Å². The van der Waals surface area contributed by atoms with Gasteiger partial charge in [0.15, 0.2) is 5.79 Å². The minimum absolute atomic E-state index is 0.112. The van der Waals surface area contributed by atoms with Gasteiger partial charge in [-0.3, -0.25) is 0 Å². The van der Waals surface area contributed by atoms with E-state index in [9.17, 15) is 0 Å². The molecule has 1 saturated carbocycles. The number of rotatable bonds is 1. The van der Waals surface area contributed by atoms with E-state index in [0.717, 1.165) is 12.8 Å². The van der Waals surface area contributed by atoms with E-state index >= 15 is 0 Å². The van der Waals surface area contributed by atoms with Crippen LogP contribution in [0.1, 0.15) is 40.0 Å². The lowest BCUT2D eigenvalue weighted by atomic mass is 9.60. The summed E-state index contributed by atoms with van der Waals surface area (Å²) in [5.41, 5.74) is 3.91. The molecule has 108 valence electrons. The zero-order valence-corrected chi connectivity index (χ0v) is 13.3. The van der Waals surface area contributed by atoms with Crippen molar-refractivity contribution < 1.29 is 9.47 Å². The molecule has 3 fully saturated rings. The summed E-state index contributed by atoms with van der Waals surface area (Å²) in [5, 5.41) is 0. The predicted octanol–water partition coefficient (Wildman–Crippen LogP) is 3.68. The van der Waals surface area contributed by atoms with E-state index in [1.807, 2.05) is 0 Å². The summed E-state index contributed by atoms with van der Waals surface area (Å²) in [5.74, 6) is 2.17. The highest BCUT2D eigenvalue weighted by Crippen LogP contribution is 2.79. The SMILES string of the molecule is CC1(C)O[C@H]2C([C@]34CSC[C@@]3(C)C4)=C3C=CCC[C@@]32O1. The van der Waals surface area contributed by atoms with Crippen molar-refractivity contribution in [2.45, 2.75) is 57.5 Å².